The van der Waals surface area contributed by atoms with E-state index in [1.54, 1.807) is 6.20 Å². The van der Waals surface area contributed by atoms with Crippen molar-refractivity contribution in [3.05, 3.63) is 23.9 Å². The van der Waals surface area contributed by atoms with E-state index in [4.69, 9.17) is 5.73 Å². The van der Waals surface area contributed by atoms with Crippen LogP contribution in [0, 0.1) is 0 Å². The van der Waals surface area contributed by atoms with Crippen LogP contribution in [-0.4, -0.2) is 20.5 Å². The molecule has 19 heavy (non-hydrogen) atoms. The molecule has 0 saturated heterocycles. The molecule has 1 aromatic rings. The van der Waals surface area contributed by atoms with Crippen molar-refractivity contribution in [1.29, 1.82) is 0 Å². The highest BCUT2D eigenvalue weighted by molar-refractivity contribution is 7.84. The molecule has 0 aliphatic carbocycles. The lowest BCUT2D eigenvalue weighted by molar-refractivity contribution is 0.586. The number of hydrogen-bond donors (Lipinski definition) is 2. The van der Waals surface area contributed by atoms with Gasteiger partial charge in [0.15, 0.2) is 0 Å². The van der Waals surface area contributed by atoms with Gasteiger partial charge < -0.3 is 5.73 Å². The molecule has 0 aliphatic rings. The Morgan fingerprint density at radius 2 is 2.16 bits per heavy atom. The van der Waals surface area contributed by atoms with Crippen molar-refractivity contribution in [2.24, 2.45) is 0 Å². The van der Waals surface area contributed by atoms with Gasteiger partial charge in [-0.15, -0.1) is 0 Å². The maximum absolute atomic E-state index is 11.9. The predicted molar refractivity (Wildman–Crippen MR) is 82.2 cm³/mol. The largest absolute Gasteiger partial charge is 0.384 e. The molecule has 5 heteroatoms. The number of nitrogens with one attached hydrogen (secondary N) is 1. The number of nitrogens with zero attached hydrogens (tertiary/aromatic N) is 1. The SMILES string of the molecule is CCC(CCNS(=O)C(C)(C)C)c1ccnc(N)c1. The highest BCUT2D eigenvalue weighted by Gasteiger charge is 2.19. The lowest BCUT2D eigenvalue weighted by Crippen LogP contribution is -2.34. The first-order chi connectivity index (χ1) is 8.84. The Labute approximate surface area is 118 Å². The molecule has 0 radical (unpaired) electrons. The van der Waals surface area contributed by atoms with Gasteiger partial charge in [-0.3, -0.25) is 0 Å². The second kappa shape index (κ2) is 7.01. The molecule has 108 valence electrons. The Morgan fingerprint density at radius 1 is 1.47 bits per heavy atom. The molecule has 3 N–H and O–H groups in total. The normalized spacial score (nSPS) is 15.2. The Hall–Kier alpha value is -0.940. The van der Waals surface area contributed by atoms with E-state index in [9.17, 15) is 4.21 Å². The van der Waals surface area contributed by atoms with E-state index >= 15 is 0 Å². The van der Waals surface area contributed by atoms with Crippen LogP contribution in [0.1, 0.15) is 52.0 Å². The number of rotatable bonds is 6. The molecule has 0 saturated carbocycles. The molecule has 0 bridgehead atoms. The lowest BCUT2D eigenvalue weighted by atomic mass is 9.94. The van der Waals surface area contributed by atoms with Gasteiger partial charge >= 0.3 is 0 Å². The molecule has 1 heterocycles. The van der Waals surface area contributed by atoms with Gasteiger partial charge in [-0.2, -0.15) is 0 Å². The fraction of sp³-hybridized carbons (Fsp3) is 0.643. The quantitative estimate of drug-likeness (QED) is 0.843. The zero-order valence-electron chi connectivity index (χ0n) is 12.3. The van der Waals surface area contributed by atoms with Crippen LogP contribution in [0.15, 0.2) is 18.3 Å². The summed E-state index contributed by atoms with van der Waals surface area (Å²) >= 11 is 0. The van der Waals surface area contributed by atoms with Crippen molar-refractivity contribution >= 4 is 16.8 Å². The highest BCUT2D eigenvalue weighted by atomic mass is 32.2. The van der Waals surface area contributed by atoms with Crippen molar-refractivity contribution < 1.29 is 4.21 Å². The second-order valence-corrected chi connectivity index (χ2v) is 7.73. The van der Waals surface area contributed by atoms with Crippen LogP contribution in [0.3, 0.4) is 0 Å². The van der Waals surface area contributed by atoms with Crippen LogP contribution in [0.4, 0.5) is 5.82 Å². The van der Waals surface area contributed by atoms with Gasteiger partial charge in [0.1, 0.15) is 5.82 Å². The maximum Gasteiger partial charge on any atom is 0.123 e. The molecule has 0 aromatic carbocycles. The number of anilines is 1. The fourth-order valence-electron chi connectivity index (χ4n) is 1.87. The van der Waals surface area contributed by atoms with Crippen LogP contribution in [-0.2, 0) is 11.0 Å². The van der Waals surface area contributed by atoms with Crippen LogP contribution in [0.2, 0.25) is 0 Å². The Bertz CT molecular complexity index is 429. The Kier molecular flexibility index (Phi) is 5.94. The zero-order chi connectivity index (χ0) is 14.5. The third kappa shape index (κ3) is 5.28. The van der Waals surface area contributed by atoms with Crippen molar-refractivity contribution in [1.82, 2.24) is 9.71 Å². The minimum atomic E-state index is -1.00. The van der Waals surface area contributed by atoms with Gasteiger partial charge in [-0.05, 0) is 57.2 Å². The first-order valence-corrected chi connectivity index (χ1v) is 7.86. The van der Waals surface area contributed by atoms with Crippen LogP contribution < -0.4 is 10.5 Å². The molecule has 1 rings (SSSR count). The third-order valence-corrected chi connectivity index (χ3v) is 4.63. The zero-order valence-corrected chi connectivity index (χ0v) is 13.1. The molecule has 2 atom stereocenters. The summed E-state index contributed by atoms with van der Waals surface area (Å²) in [7, 11) is -1.00. The molecular formula is C14H25N3OS. The lowest BCUT2D eigenvalue weighted by Gasteiger charge is -2.20. The van der Waals surface area contributed by atoms with Gasteiger partial charge in [0.05, 0.1) is 15.7 Å². The number of aromatic nitrogens is 1. The van der Waals surface area contributed by atoms with Gasteiger partial charge in [0.2, 0.25) is 0 Å². The molecule has 4 nitrogen and oxygen atoms in total. The van der Waals surface area contributed by atoms with Gasteiger partial charge in [-0.1, -0.05) is 6.92 Å². The van der Waals surface area contributed by atoms with E-state index in [0.717, 1.165) is 19.4 Å². The van der Waals surface area contributed by atoms with Crippen LogP contribution in [0.25, 0.3) is 0 Å². The van der Waals surface area contributed by atoms with Crippen LogP contribution in [0.5, 0.6) is 0 Å². The number of hydrogen-bond acceptors (Lipinski definition) is 3. The van der Waals surface area contributed by atoms with Crippen molar-refractivity contribution in [2.45, 2.75) is 51.2 Å². The maximum atomic E-state index is 11.9. The third-order valence-electron chi connectivity index (χ3n) is 3.05. The summed E-state index contributed by atoms with van der Waals surface area (Å²) < 4.78 is 14.8. The molecule has 0 spiro atoms. The summed E-state index contributed by atoms with van der Waals surface area (Å²) in [5, 5.41) is 0. The van der Waals surface area contributed by atoms with Gasteiger partial charge in [-0.25, -0.2) is 13.9 Å². The van der Waals surface area contributed by atoms with E-state index in [1.807, 2.05) is 32.9 Å². The van der Waals surface area contributed by atoms with E-state index < -0.39 is 11.0 Å². The average molecular weight is 283 g/mol. The smallest absolute Gasteiger partial charge is 0.123 e. The summed E-state index contributed by atoms with van der Waals surface area (Å²) in [4.78, 5) is 4.01. The van der Waals surface area contributed by atoms with Crippen molar-refractivity contribution in [3.8, 4) is 0 Å². The van der Waals surface area contributed by atoms with Gasteiger partial charge in [0, 0.05) is 12.7 Å². The average Bonchev–Trinajstić information content (AvgIpc) is 2.33. The van der Waals surface area contributed by atoms with Crippen molar-refractivity contribution in [2.75, 3.05) is 12.3 Å². The first kappa shape index (κ1) is 16.1. The van der Waals surface area contributed by atoms with Crippen LogP contribution >= 0.6 is 0 Å². The first-order valence-electron chi connectivity index (χ1n) is 6.71. The van der Waals surface area contributed by atoms with E-state index in [1.165, 1.54) is 5.56 Å². The van der Waals surface area contributed by atoms with E-state index in [2.05, 4.69) is 16.6 Å². The fourth-order valence-corrected chi connectivity index (χ4v) is 2.60. The number of nitrogen functional groups attached to an aromatic ring is 1. The molecule has 1 aromatic heterocycles. The second-order valence-electron chi connectivity index (χ2n) is 5.68. The molecule has 0 aliphatic heterocycles. The standard InChI is InChI=1S/C14H25N3OS/c1-5-11(12-6-8-16-13(15)10-12)7-9-17-19(18)14(2,3)4/h6,8,10-11,17H,5,7,9H2,1-4H3,(H2,15,16). The monoisotopic (exact) mass is 283 g/mol. The summed E-state index contributed by atoms with van der Waals surface area (Å²) in [5.41, 5.74) is 6.92. The Balaban J connectivity index is 2.53. The summed E-state index contributed by atoms with van der Waals surface area (Å²) in [6, 6.07) is 3.93. The van der Waals surface area contributed by atoms with Gasteiger partial charge in [0.25, 0.3) is 0 Å². The number of nitrogens with two attached hydrogens (primary N) is 1. The predicted octanol–water partition coefficient (Wildman–Crippen LogP) is 2.60. The molecular weight excluding hydrogens is 258 g/mol. The minimum absolute atomic E-state index is 0.219. The van der Waals surface area contributed by atoms with E-state index in [0.29, 0.717) is 11.7 Å². The van der Waals surface area contributed by atoms with E-state index in [-0.39, 0.29) is 4.75 Å². The van der Waals surface area contributed by atoms with Crippen molar-refractivity contribution in [3.63, 3.8) is 0 Å². The minimum Gasteiger partial charge on any atom is -0.384 e. The summed E-state index contributed by atoms with van der Waals surface area (Å²) in [5.74, 6) is 0.983. The Morgan fingerprint density at radius 3 is 2.68 bits per heavy atom. The number of pyridine rings is 1. The molecule has 0 amide bonds. The highest BCUT2D eigenvalue weighted by Crippen LogP contribution is 2.23. The summed E-state index contributed by atoms with van der Waals surface area (Å²) in [6.07, 6.45) is 3.73. The topological polar surface area (TPSA) is 68.0 Å². The summed E-state index contributed by atoms with van der Waals surface area (Å²) in [6.45, 7) is 8.80. The molecule has 2 unspecified atom stereocenters. The molecule has 0 fully saturated rings.